The lowest BCUT2D eigenvalue weighted by atomic mass is 10.1. The van der Waals surface area contributed by atoms with Gasteiger partial charge in [-0.3, -0.25) is 14.9 Å². The lowest BCUT2D eigenvalue weighted by Gasteiger charge is -2.19. The Kier molecular flexibility index (Phi) is 3.80. The van der Waals surface area contributed by atoms with Crippen LogP contribution in [0, 0.1) is 0 Å². The average molecular weight is 289 g/mol. The maximum atomic E-state index is 12.2. The van der Waals surface area contributed by atoms with Crippen molar-refractivity contribution in [2.24, 2.45) is 0 Å². The molecule has 2 rings (SSSR count). The zero-order valence-electron chi connectivity index (χ0n) is 11.9. The van der Waals surface area contributed by atoms with Crippen molar-refractivity contribution in [3.8, 4) is 0 Å². The molecule has 21 heavy (non-hydrogen) atoms. The van der Waals surface area contributed by atoms with Crippen LogP contribution in [0.3, 0.4) is 0 Å². The quantitative estimate of drug-likeness (QED) is 0.859. The van der Waals surface area contributed by atoms with Gasteiger partial charge in [-0.05, 0) is 32.9 Å². The van der Waals surface area contributed by atoms with Crippen molar-refractivity contribution >= 4 is 29.2 Å². The van der Waals surface area contributed by atoms with Gasteiger partial charge in [0.2, 0.25) is 11.3 Å². The second-order valence-electron chi connectivity index (χ2n) is 5.41. The predicted octanol–water partition coefficient (Wildman–Crippen LogP) is 2.95. The minimum atomic E-state index is -0.802. The summed E-state index contributed by atoms with van der Waals surface area (Å²) in [6.07, 6.45) is -0.450. The summed E-state index contributed by atoms with van der Waals surface area (Å²) < 4.78 is 10.5. The van der Waals surface area contributed by atoms with Crippen LogP contribution in [0.1, 0.15) is 31.1 Å². The Labute approximate surface area is 120 Å². The van der Waals surface area contributed by atoms with Gasteiger partial charge in [-0.2, -0.15) is 0 Å². The summed E-state index contributed by atoms with van der Waals surface area (Å²) in [5, 5.41) is 2.56. The largest absolute Gasteiger partial charge is 0.444 e. The van der Waals surface area contributed by atoms with Crippen LogP contribution in [-0.4, -0.2) is 18.0 Å². The minimum absolute atomic E-state index is 0.219. The Morgan fingerprint density at radius 3 is 2.57 bits per heavy atom. The van der Waals surface area contributed by atoms with E-state index in [0.29, 0.717) is 6.29 Å². The van der Waals surface area contributed by atoms with Gasteiger partial charge in [0.25, 0.3) is 0 Å². The normalized spacial score (nSPS) is 11.2. The van der Waals surface area contributed by atoms with Crippen molar-refractivity contribution < 1.29 is 18.7 Å². The first-order valence-electron chi connectivity index (χ1n) is 6.33. The smallest absolute Gasteiger partial charge is 0.414 e. The first kappa shape index (κ1) is 14.8. The third-order valence-electron chi connectivity index (χ3n) is 2.57. The highest BCUT2D eigenvalue weighted by Crippen LogP contribution is 2.19. The Balaban J connectivity index is 2.46. The highest BCUT2D eigenvalue weighted by molar-refractivity contribution is 5.94. The number of carbonyl (C=O) groups is 2. The molecule has 2 aromatic rings. The van der Waals surface area contributed by atoms with E-state index in [-0.39, 0.29) is 22.4 Å². The molecule has 1 aromatic heterocycles. The maximum Gasteiger partial charge on any atom is 0.414 e. The van der Waals surface area contributed by atoms with E-state index >= 15 is 0 Å². The highest BCUT2D eigenvalue weighted by Gasteiger charge is 2.20. The molecule has 0 saturated carbocycles. The third kappa shape index (κ3) is 3.28. The number of carbonyl (C=O) groups excluding carboxylic acids is 2. The lowest BCUT2D eigenvalue weighted by molar-refractivity contribution is 0.0632. The summed E-state index contributed by atoms with van der Waals surface area (Å²) in [6, 6.07) is 6.47. The van der Waals surface area contributed by atoms with E-state index in [4.69, 9.17) is 9.15 Å². The molecule has 0 radical (unpaired) electrons. The van der Waals surface area contributed by atoms with Gasteiger partial charge >= 0.3 is 6.09 Å². The van der Waals surface area contributed by atoms with Gasteiger partial charge in [0.15, 0.2) is 6.29 Å². The zero-order valence-corrected chi connectivity index (χ0v) is 11.9. The van der Waals surface area contributed by atoms with Crippen LogP contribution >= 0.6 is 0 Å². The number of para-hydroxylation sites is 1. The van der Waals surface area contributed by atoms with Crippen molar-refractivity contribution in [1.82, 2.24) is 0 Å². The molecule has 0 bridgehead atoms. The highest BCUT2D eigenvalue weighted by atomic mass is 16.6. The number of hydrogen-bond acceptors (Lipinski definition) is 5. The Hall–Kier alpha value is -2.63. The molecule has 0 atom stereocenters. The van der Waals surface area contributed by atoms with E-state index in [1.807, 2.05) is 0 Å². The van der Waals surface area contributed by atoms with Gasteiger partial charge < -0.3 is 9.15 Å². The van der Waals surface area contributed by atoms with Gasteiger partial charge in [0.1, 0.15) is 16.7 Å². The number of aldehydes is 1. The molecule has 6 heteroatoms. The van der Waals surface area contributed by atoms with E-state index in [1.165, 1.54) is 0 Å². The Morgan fingerprint density at radius 2 is 1.95 bits per heavy atom. The second kappa shape index (κ2) is 5.40. The summed E-state index contributed by atoms with van der Waals surface area (Å²) in [5.41, 5.74) is -1.18. The summed E-state index contributed by atoms with van der Waals surface area (Å²) in [6.45, 7) is 5.09. The maximum absolute atomic E-state index is 12.2. The Morgan fingerprint density at radius 1 is 1.29 bits per heavy atom. The van der Waals surface area contributed by atoms with Gasteiger partial charge in [0.05, 0.1) is 5.39 Å². The standard InChI is InChI=1S/C15H15NO5/c1-15(2,3)21-14(19)16-13-10(8-17)12(18)9-6-4-5-7-11(9)20-13/h4-8H,1-3H3,(H,16,19). The third-order valence-corrected chi connectivity index (χ3v) is 2.57. The molecule has 0 aliphatic carbocycles. The van der Waals surface area contributed by atoms with Crippen LogP contribution in [0.15, 0.2) is 33.5 Å². The lowest BCUT2D eigenvalue weighted by Crippen LogP contribution is -2.28. The molecule has 0 aliphatic heterocycles. The number of ether oxygens (including phenoxy) is 1. The number of anilines is 1. The number of benzene rings is 1. The minimum Gasteiger partial charge on any atom is -0.444 e. The molecule has 1 aromatic carbocycles. The first-order valence-corrected chi connectivity index (χ1v) is 6.33. The summed E-state index contributed by atoms with van der Waals surface area (Å²) in [5.74, 6) is -0.219. The second-order valence-corrected chi connectivity index (χ2v) is 5.41. The molecule has 0 fully saturated rings. The van der Waals surface area contributed by atoms with Crippen LogP contribution in [0.2, 0.25) is 0 Å². The SMILES string of the molecule is CC(C)(C)OC(=O)Nc1oc2ccccc2c(=O)c1C=O. The molecular weight excluding hydrogens is 274 g/mol. The molecular formula is C15H15NO5. The Bertz CT molecular complexity index is 755. The van der Waals surface area contributed by atoms with E-state index in [1.54, 1.807) is 45.0 Å². The zero-order chi connectivity index (χ0) is 15.6. The van der Waals surface area contributed by atoms with E-state index in [2.05, 4.69) is 5.32 Å². The van der Waals surface area contributed by atoms with Gasteiger partial charge in [0, 0.05) is 0 Å². The van der Waals surface area contributed by atoms with Crippen molar-refractivity contribution in [3.63, 3.8) is 0 Å². The van der Waals surface area contributed by atoms with Gasteiger partial charge in [-0.15, -0.1) is 0 Å². The number of hydrogen-bond donors (Lipinski definition) is 1. The predicted molar refractivity (Wildman–Crippen MR) is 77.7 cm³/mol. The monoisotopic (exact) mass is 289 g/mol. The molecule has 0 unspecified atom stereocenters. The van der Waals surface area contributed by atoms with Crippen molar-refractivity contribution in [2.45, 2.75) is 26.4 Å². The summed E-state index contributed by atoms with van der Waals surface area (Å²) in [4.78, 5) is 35.0. The van der Waals surface area contributed by atoms with Crippen LogP contribution < -0.4 is 10.7 Å². The van der Waals surface area contributed by atoms with Crippen LogP contribution in [-0.2, 0) is 4.74 Å². The molecule has 1 amide bonds. The molecule has 0 saturated heterocycles. The van der Waals surface area contributed by atoms with Crippen molar-refractivity contribution in [1.29, 1.82) is 0 Å². The number of amides is 1. The topological polar surface area (TPSA) is 85.6 Å². The van der Waals surface area contributed by atoms with Crippen LogP contribution in [0.4, 0.5) is 10.7 Å². The molecule has 110 valence electrons. The van der Waals surface area contributed by atoms with E-state index in [0.717, 1.165) is 0 Å². The molecule has 0 spiro atoms. The summed E-state index contributed by atoms with van der Waals surface area (Å²) in [7, 11) is 0. The molecule has 6 nitrogen and oxygen atoms in total. The summed E-state index contributed by atoms with van der Waals surface area (Å²) >= 11 is 0. The fourth-order valence-electron chi connectivity index (χ4n) is 1.75. The average Bonchev–Trinajstić information content (AvgIpc) is 2.37. The molecule has 1 heterocycles. The van der Waals surface area contributed by atoms with E-state index < -0.39 is 17.1 Å². The molecule has 1 N–H and O–H groups in total. The number of rotatable bonds is 2. The van der Waals surface area contributed by atoms with Crippen molar-refractivity contribution in [2.75, 3.05) is 5.32 Å². The molecule has 0 aliphatic rings. The van der Waals surface area contributed by atoms with Crippen LogP contribution in [0.25, 0.3) is 11.0 Å². The van der Waals surface area contributed by atoms with Crippen LogP contribution in [0.5, 0.6) is 0 Å². The van der Waals surface area contributed by atoms with Gasteiger partial charge in [-0.25, -0.2) is 4.79 Å². The first-order chi connectivity index (χ1) is 9.81. The fourth-order valence-corrected chi connectivity index (χ4v) is 1.75. The number of fused-ring (bicyclic) bond motifs is 1. The van der Waals surface area contributed by atoms with Crippen molar-refractivity contribution in [3.05, 3.63) is 40.1 Å². The van der Waals surface area contributed by atoms with Gasteiger partial charge in [-0.1, -0.05) is 12.1 Å². The van der Waals surface area contributed by atoms with E-state index in [9.17, 15) is 14.4 Å². The number of nitrogens with one attached hydrogen (secondary N) is 1. The fraction of sp³-hybridized carbons (Fsp3) is 0.267.